The number of aliphatic imine (C=N–C) groups is 1. The Kier molecular flexibility index (Phi) is 9.41. The number of ether oxygens (including phenoxy) is 1. The highest BCUT2D eigenvalue weighted by Gasteiger charge is 2.23. The van der Waals surface area contributed by atoms with Crippen molar-refractivity contribution in [1.29, 1.82) is 0 Å². The van der Waals surface area contributed by atoms with Gasteiger partial charge in [-0.1, -0.05) is 13.3 Å². The fraction of sp³-hybridized carbons (Fsp3) is 0.933. The minimum absolute atomic E-state index is 0.576. The molecule has 1 atom stereocenters. The smallest absolute Gasteiger partial charge is 0.191 e. The van der Waals surface area contributed by atoms with E-state index >= 15 is 0 Å². The van der Waals surface area contributed by atoms with Crippen LogP contribution >= 0.6 is 0 Å². The molecule has 0 amide bonds. The largest absolute Gasteiger partial charge is 0.383 e. The maximum Gasteiger partial charge on any atom is 0.191 e. The summed E-state index contributed by atoms with van der Waals surface area (Å²) < 4.78 is 5.18. The second-order valence-corrected chi connectivity index (χ2v) is 5.32. The monoisotopic (exact) mass is 284 g/mol. The summed E-state index contributed by atoms with van der Waals surface area (Å²) in [5.74, 6) is 0.958. The maximum absolute atomic E-state index is 5.18. The van der Waals surface area contributed by atoms with Gasteiger partial charge in [0.25, 0.3) is 0 Å². The van der Waals surface area contributed by atoms with Crippen molar-refractivity contribution in [1.82, 2.24) is 15.5 Å². The van der Waals surface area contributed by atoms with E-state index in [9.17, 15) is 0 Å². The van der Waals surface area contributed by atoms with Gasteiger partial charge in [-0.25, -0.2) is 0 Å². The van der Waals surface area contributed by atoms with E-state index in [0.717, 1.165) is 38.7 Å². The number of likely N-dealkylation sites (tertiary alicyclic amines) is 1. The van der Waals surface area contributed by atoms with E-state index in [-0.39, 0.29) is 0 Å². The van der Waals surface area contributed by atoms with Gasteiger partial charge in [-0.3, -0.25) is 9.89 Å². The van der Waals surface area contributed by atoms with Gasteiger partial charge in [0.05, 0.1) is 13.2 Å². The Labute approximate surface area is 124 Å². The summed E-state index contributed by atoms with van der Waals surface area (Å²) in [6.07, 6.45) is 4.93. The minimum atomic E-state index is 0.576. The molecule has 0 spiro atoms. The van der Waals surface area contributed by atoms with Crippen molar-refractivity contribution in [3.05, 3.63) is 0 Å². The topological polar surface area (TPSA) is 48.9 Å². The van der Waals surface area contributed by atoms with E-state index in [2.05, 4.69) is 29.4 Å². The van der Waals surface area contributed by atoms with E-state index < -0.39 is 0 Å². The Morgan fingerprint density at radius 1 is 1.35 bits per heavy atom. The number of nitrogens with one attached hydrogen (secondary N) is 2. The molecule has 0 saturated carbocycles. The predicted molar refractivity (Wildman–Crippen MR) is 85.4 cm³/mol. The Bertz CT molecular complexity index is 271. The lowest BCUT2D eigenvalue weighted by Crippen LogP contribution is -2.40. The van der Waals surface area contributed by atoms with E-state index in [0.29, 0.717) is 6.04 Å². The molecular formula is C15H32N4O. The fourth-order valence-corrected chi connectivity index (χ4v) is 2.53. The lowest BCUT2D eigenvalue weighted by Gasteiger charge is -2.23. The van der Waals surface area contributed by atoms with Crippen LogP contribution in [0.25, 0.3) is 0 Å². The number of nitrogens with zero attached hydrogens (tertiary/aromatic N) is 2. The van der Waals surface area contributed by atoms with Gasteiger partial charge in [0.1, 0.15) is 0 Å². The quantitative estimate of drug-likeness (QED) is 0.382. The molecule has 1 rings (SSSR count). The summed E-state index contributed by atoms with van der Waals surface area (Å²) >= 11 is 0. The molecule has 1 fully saturated rings. The number of guanidine groups is 1. The molecule has 0 aromatic rings. The van der Waals surface area contributed by atoms with E-state index in [4.69, 9.17) is 9.73 Å². The first-order valence-corrected chi connectivity index (χ1v) is 8.07. The van der Waals surface area contributed by atoms with Crippen LogP contribution in [0.2, 0.25) is 0 Å². The molecule has 1 aliphatic rings. The van der Waals surface area contributed by atoms with Crippen molar-refractivity contribution >= 4 is 5.96 Å². The second-order valence-electron chi connectivity index (χ2n) is 5.32. The molecule has 118 valence electrons. The first-order valence-electron chi connectivity index (χ1n) is 8.07. The summed E-state index contributed by atoms with van der Waals surface area (Å²) in [6.45, 7) is 10.1. The summed E-state index contributed by atoms with van der Waals surface area (Å²) in [5, 5.41) is 6.72. The van der Waals surface area contributed by atoms with Gasteiger partial charge in [-0.2, -0.15) is 0 Å². The van der Waals surface area contributed by atoms with Crippen LogP contribution in [-0.2, 0) is 4.74 Å². The van der Waals surface area contributed by atoms with Gasteiger partial charge in [-0.05, 0) is 32.7 Å². The highest BCUT2D eigenvalue weighted by Crippen LogP contribution is 2.16. The molecule has 5 nitrogen and oxygen atoms in total. The van der Waals surface area contributed by atoms with Crippen LogP contribution in [0.1, 0.15) is 39.5 Å². The minimum Gasteiger partial charge on any atom is -0.383 e. The van der Waals surface area contributed by atoms with Crippen molar-refractivity contribution in [3.63, 3.8) is 0 Å². The van der Waals surface area contributed by atoms with Crippen LogP contribution in [0.4, 0.5) is 0 Å². The summed E-state index contributed by atoms with van der Waals surface area (Å²) in [5.41, 5.74) is 0. The van der Waals surface area contributed by atoms with Crippen molar-refractivity contribution in [2.75, 3.05) is 46.4 Å². The normalized spacial score (nSPS) is 20.4. The highest BCUT2D eigenvalue weighted by molar-refractivity contribution is 5.79. The number of hydrogen-bond acceptors (Lipinski definition) is 3. The van der Waals surface area contributed by atoms with E-state index in [1.54, 1.807) is 7.11 Å². The van der Waals surface area contributed by atoms with Crippen molar-refractivity contribution in [2.24, 2.45) is 4.99 Å². The molecule has 0 aliphatic carbocycles. The molecule has 5 heteroatoms. The highest BCUT2D eigenvalue weighted by atomic mass is 16.5. The Morgan fingerprint density at radius 3 is 2.90 bits per heavy atom. The Morgan fingerprint density at radius 2 is 2.20 bits per heavy atom. The summed E-state index contributed by atoms with van der Waals surface area (Å²) in [6, 6.07) is 0.576. The van der Waals surface area contributed by atoms with E-state index in [1.165, 1.54) is 32.2 Å². The van der Waals surface area contributed by atoms with Crippen molar-refractivity contribution < 1.29 is 4.74 Å². The molecule has 1 aliphatic heterocycles. The lowest BCUT2D eigenvalue weighted by atomic mass is 10.2. The van der Waals surface area contributed by atoms with Gasteiger partial charge in [0.2, 0.25) is 0 Å². The predicted octanol–water partition coefficient (Wildman–Crippen LogP) is 1.45. The van der Waals surface area contributed by atoms with Crippen LogP contribution in [0.15, 0.2) is 4.99 Å². The first-order chi connectivity index (χ1) is 9.81. The van der Waals surface area contributed by atoms with Crippen LogP contribution in [0, 0.1) is 0 Å². The average Bonchev–Trinajstić information content (AvgIpc) is 2.90. The fourth-order valence-electron chi connectivity index (χ4n) is 2.53. The molecule has 0 aromatic carbocycles. The molecule has 1 heterocycles. The average molecular weight is 284 g/mol. The van der Waals surface area contributed by atoms with E-state index in [1.807, 2.05) is 0 Å². The van der Waals surface area contributed by atoms with Crippen LogP contribution in [0.3, 0.4) is 0 Å². The zero-order chi connectivity index (χ0) is 14.6. The molecule has 0 bridgehead atoms. The van der Waals surface area contributed by atoms with Gasteiger partial charge in [-0.15, -0.1) is 0 Å². The zero-order valence-corrected chi connectivity index (χ0v) is 13.5. The van der Waals surface area contributed by atoms with Gasteiger partial charge >= 0.3 is 0 Å². The number of unbranched alkanes of at least 4 members (excludes halogenated alkanes) is 1. The molecule has 0 radical (unpaired) electrons. The molecule has 2 N–H and O–H groups in total. The van der Waals surface area contributed by atoms with Crippen LogP contribution < -0.4 is 10.6 Å². The van der Waals surface area contributed by atoms with Gasteiger partial charge in [0.15, 0.2) is 5.96 Å². The van der Waals surface area contributed by atoms with Crippen molar-refractivity contribution in [3.8, 4) is 0 Å². The standard InChI is InChI=1S/C15H32N4O/c1-4-6-9-17-15(16-5-2)18-13-14-8-7-10-19(14)11-12-20-3/h14H,4-13H2,1-3H3,(H2,16,17,18). The lowest BCUT2D eigenvalue weighted by molar-refractivity contribution is 0.142. The molecule has 1 unspecified atom stereocenters. The number of methoxy groups -OCH3 is 1. The maximum atomic E-state index is 5.18. The number of rotatable bonds is 9. The van der Waals surface area contributed by atoms with Gasteiger partial charge < -0.3 is 15.4 Å². The Hall–Kier alpha value is -0.810. The third kappa shape index (κ3) is 6.57. The second kappa shape index (κ2) is 10.9. The number of hydrogen-bond donors (Lipinski definition) is 2. The van der Waals surface area contributed by atoms with Crippen molar-refractivity contribution in [2.45, 2.75) is 45.6 Å². The molecule has 20 heavy (non-hydrogen) atoms. The molecule has 0 aromatic heterocycles. The first kappa shape index (κ1) is 17.2. The van der Waals surface area contributed by atoms with Gasteiger partial charge in [0, 0.05) is 32.8 Å². The molecule has 1 saturated heterocycles. The SMILES string of the molecule is CCCCNC(=NCC1CCCN1CCOC)NCC. The van der Waals surface area contributed by atoms with Crippen LogP contribution in [-0.4, -0.2) is 63.3 Å². The third-order valence-corrected chi connectivity index (χ3v) is 3.71. The summed E-state index contributed by atoms with van der Waals surface area (Å²) in [7, 11) is 1.77. The Balaban J connectivity index is 2.39. The summed E-state index contributed by atoms with van der Waals surface area (Å²) in [4.78, 5) is 7.24. The van der Waals surface area contributed by atoms with Crippen LogP contribution in [0.5, 0.6) is 0 Å². The molecular weight excluding hydrogens is 252 g/mol. The zero-order valence-electron chi connectivity index (χ0n) is 13.5. The third-order valence-electron chi connectivity index (χ3n) is 3.71.